The molecule has 5 atom stereocenters. The van der Waals surface area contributed by atoms with Gasteiger partial charge in [0.2, 0.25) is 0 Å². The van der Waals surface area contributed by atoms with E-state index in [0.29, 0.717) is 25.7 Å². The third-order valence-corrected chi connectivity index (χ3v) is 18.1. The molecule has 0 aliphatic carbocycles. The van der Waals surface area contributed by atoms with Crippen molar-refractivity contribution in [2.45, 2.75) is 316 Å². The van der Waals surface area contributed by atoms with Crippen LogP contribution in [0.5, 0.6) is 0 Å². The SMILES string of the molecule is CC/C=C\C/C=C\C/C=C\C/C=C\C/C=C\CC(=O)OC(COC(=O)CCCCCCCC/C=C\C/C=C\C/C=C\C/C=C\CC)COP(=O)(O)OCC(O)COP(=O)(O)OCC(COC(=O)CCCCCCCC/C=C\C/C=C\C/C=C\C/C=C\CC)OC(=O)CCCCCCC/C=C\CCCCCC. The second-order valence-electron chi connectivity index (χ2n) is 26.2. The van der Waals surface area contributed by atoms with Crippen molar-refractivity contribution in [3.63, 3.8) is 0 Å². The molecule has 0 radical (unpaired) electrons. The van der Waals surface area contributed by atoms with Gasteiger partial charge in [-0.3, -0.25) is 37.3 Å². The van der Waals surface area contributed by atoms with Crippen LogP contribution in [0.4, 0.5) is 0 Å². The van der Waals surface area contributed by atoms with Crippen LogP contribution in [0.2, 0.25) is 0 Å². The predicted octanol–water partition coefficient (Wildman–Crippen LogP) is 23.8. The summed E-state index contributed by atoms with van der Waals surface area (Å²) < 4.78 is 68.5. The maximum absolute atomic E-state index is 13.1. The zero-order valence-corrected chi connectivity index (χ0v) is 67.6. The van der Waals surface area contributed by atoms with Crippen LogP contribution in [-0.4, -0.2) is 96.7 Å². The molecule has 0 aliphatic rings. The number of rotatable bonds is 74. The fraction of sp³-hybridized carbons (Fsp3) is 0.632. The molecule has 3 N–H and O–H groups in total. The standard InChI is InChI=1S/C87H142O17P2/c1-5-9-13-17-21-25-29-33-36-38-40-42-45-48-51-55-59-63-67-71-84(89)97-77-82(103-86(91)73-69-65-61-57-53-47-32-28-24-20-16-12-8-4)79-101-105(93,94)99-75-81(88)76-100-106(95,96)102-80-83(104-87(92)74-70-66-62-58-54-50-44-35-31-27-23-19-15-11-7-3)78-98-85(90)72-68-64-60-56-52-49-46-43-41-39-37-34-30-26-22-18-14-10-6-2/h9-11,13-15,21-23,25-28,32-37,40-44,54,58,66,70,81-83,88H,5-8,12,16-20,24,29-31,38-39,45-53,55-57,59-65,67-69,71-80H2,1-4H3,(H,93,94)(H,95,96)/b13-9-,14-10-,15-11-,25-21-,26-22-,27-23-,32-28-,36-33-,37-34-,42-40-,43-41-,44-35-,58-54-,70-66-. The summed E-state index contributed by atoms with van der Waals surface area (Å²) in [4.78, 5) is 73.0. The maximum atomic E-state index is 13.1. The molecule has 106 heavy (non-hydrogen) atoms. The lowest BCUT2D eigenvalue weighted by atomic mass is 10.1. The molecule has 0 saturated carbocycles. The summed E-state index contributed by atoms with van der Waals surface area (Å²) in [6, 6.07) is 0. The van der Waals surface area contributed by atoms with E-state index in [1.165, 1.54) is 25.7 Å². The Hall–Kier alpha value is -5.58. The summed E-state index contributed by atoms with van der Waals surface area (Å²) in [6.07, 6.45) is 92.2. The van der Waals surface area contributed by atoms with E-state index in [1.54, 1.807) is 12.2 Å². The van der Waals surface area contributed by atoms with Crippen LogP contribution in [0.25, 0.3) is 0 Å². The first-order valence-corrected chi connectivity index (χ1v) is 43.4. The minimum atomic E-state index is -5.01. The van der Waals surface area contributed by atoms with E-state index in [9.17, 15) is 43.2 Å². The number of hydrogen-bond acceptors (Lipinski definition) is 15. The molecule has 5 unspecified atom stereocenters. The number of unbranched alkanes of at least 4 members (excludes halogenated alkanes) is 21. The summed E-state index contributed by atoms with van der Waals surface area (Å²) >= 11 is 0. The van der Waals surface area contributed by atoms with Gasteiger partial charge in [0.15, 0.2) is 12.2 Å². The van der Waals surface area contributed by atoms with Gasteiger partial charge in [-0.15, -0.1) is 0 Å². The number of phosphoric acid groups is 2. The van der Waals surface area contributed by atoms with Gasteiger partial charge in [0.1, 0.15) is 19.3 Å². The van der Waals surface area contributed by atoms with E-state index in [-0.39, 0.29) is 25.7 Å². The summed E-state index contributed by atoms with van der Waals surface area (Å²) in [7, 11) is -10.0. The van der Waals surface area contributed by atoms with Crippen molar-refractivity contribution in [1.82, 2.24) is 0 Å². The lowest BCUT2D eigenvalue weighted by Gasteiger charge is -2.21. The Labute approximate surface area is 642 Å². The molecule has 0 saturated heterocycles. The molecular formula is C87H142O17P2. The van der Waals surface area contributed by atoms with Crippen LogP contribution >= 0.6 is 15.6 Å². The van der Waals surface area contributed by atoms with Crippen molar-refractivity contribution in [1.29, 1.82) is 0 Å². The van der Waals surface area contributed by atoms with Gasteiger partial charge in [-0.25, -0.2) is 9.13 Å². The zero-order valence-electron chi connectivity index (χ0n) is 65.8. The second kappa shape index (κ2) is 77.6. The Morgan fingerprint density at radius 2 is 0.528 bits per heavy atom. The van der Waals surface area contributed by atoms with Crippen molar-refractivity contribution >= 4 is 39.5 Å². The number of carbonyl (C=O) groups is 4. The van der Waals surface area contributed by atoms with Gasteiger partial charge in [-0.2, -0.15) is 0 Å². The summed E-state index contributed by atoms with van der Waals surface area (Å²) in [5.41, 5.74) is 0. The summed E-state index contributed by atoms with van der Waals surface area (Å²) in [6.45, 7) is 4.36. The Morgan fingerprint density at radius 1 is 0.283 bits per heavy atom. The highest BCUT2D eigenvalue weighted by Crippen LogP contribution is 2.45. The van der Waals surface area contributed by atoms with E-state index in [4.69, 9.17) is 37.0 Å². The van der Waals surface area contributed by atoms with Crippen molar-refractivity contribution in [2.75, 3.05) is 39.6 Å². The molecule has 0 fully saturated rings. The number of aliphatic hydroxyl groups is 1. The van der Waals surface area contributed by atoms with E-state index < -0.39 is 97.5 Å². The fourth-order valence-corrected chi connectivity index (χ4v) is 11.7. The molecule has 0 aromatic carbocycles. The maximum Gasteiger partial charge on any atom is 0.472 e. The molecule has 17 nitrogen and oxygen atoms in total. The Kier molecular flexibility index (Phi) is 73.5. The lowest BCUT2D eigenvalue weighted by Crippen LogP contribution is -2.30. The topological polar surface area (TPSA) is 237 Å². The molecule has 19 heteroatoms. The van der Waals surface area contributed by atoms with Crippen LogP contribution in [-0.2, 0) is 65.4 Å². The van der Waals surface area contributed by atoms with E-state index in [0.717, 1.165) is 193 Å². The highest BCUT2D eigenvalue weighted by molar-refractivity contribution is 7.47. The van der Waals surface area contributed by atoms with E-state index in [1.807, 2.05) is 12.2 Å². The molecule has 0 spiro atoms. The number of phosphoric ester groups is 2. The average Bonchev–Trinajstić information content (AvgIpc) is 0.903. The molecule has 0 aliphatic heterocycles. The summed E-state index contributed by atoms with van der Waals surface area (Å²) in [5.74, 6) is -2.37. The minimum Gasteiger partial charge on any atom is -0.462 e. The second-order valence-corrected chi connectivity index (χ2v) is 29.1. The zero-order chi connectivity index (χ0) is 77.4. The van der Waals surface area contributed by atoms with Crippen LogP contribution in [0, 0.1) is 0 Å². The number of aliphatic hydroxyl groups excluding tert-OH is 1. The van der Waals surface area contributed by atoms with Gasteiger partial charge in [0, 0.05) is 19.3 Å². The molecule has 0 aromatic heterocycles. The van der Waals surface area contributed by atoms with Gasteiger partial charge in [-0.1, -0.05) is 288 Å². The van der Waals surface area contributed by atoms with Gasteiger partial charge in [-0.05, 0) is 154 Å². The van der Waals surface area contributed by atoms with E-state index in [2.05, 4.69) is 174 Å². The molecule has 0 rings (SSSR count). The van der Waals surface area contributed by atoms with Crippen molar-refractivity contribution in [3.8, 4) is 0 Å². The molecule has 0 bridgehead atoms. The largest absolute Gasteiger partial charge is 0.472 e. The highest BCUT2D eigenvalue weighted by atomic mass is 31.2. The smallest absolute Gasteiger partial charge is 0.462 e. The Morgan fingerprint density at radius 3 is 0.849 bits per heavy atom. The number of allylic oxidation sites excluding steroid dienone is 27. The molecule has 0 aromatic rings. The van der Waals surface area contributed by atoms with Crippen molar-refractivity contribution < 1.29 is 80.2 Å². The Bertz CT molecular complexity index is 2680. The monoisotopic (exact) mass is 1520 g/mol. The van der Waals surface area contributed by atoms with Crippen LogP contribution in [0.1, 0.15) is 297 Å². The van der Waals surface area contributed by atoms with Gasteiger partial charge in [0.25, 0.3) is 0 Å². The molecule has 602 valence electrons. The van der Waals surface area contributed by atoms with Crippen LogP contribution < -0.4 is 0 Å². The Balaban J connectivity index is 5.44. The fourth-order valence-electron chi connectivity index (χ4n) is 10.2. The normalized spacial score (nSPS) is 14.7. The highest BCUT2D eigenvalue weighted by Gasteiger charge is 2.30. The van der Waals surface area contributed by atoms with Crippen molar-refractivity contribution in [3.05, 3.63) is 170 Å². The molecule has 0 heterocycles. The first-order chi connectivity index (χ1) is 51.7. The predicted molar refractivity (Wildman–Crippen MR) is 436 cm³/mol. The van der Waals surface area contributed by atoms with Gasteiger partial charge in [0.05, 0.1) is 32.8 Å². The van der Waals surface area contributed by atoms with Crippen LogP contribution in [0.15, 0.2) is 170 Å². The van der Waals surface area contributed by atoms with Gasteiger partial charge >= 0.3 is 39.5 Å². The minimum absolute atomic E-state index is 0.0738. The average molecular weight is 1520 g/mol. The van der Waals surface area contributed by atoms with Crippen LogP contribution in [0.3, 0.4) is 0 Å². The number of ether oxygens (including phenoxy) is 4. The van der Waals surface area contributed by atoms with E-state index >= 15 is 0 Å². The number of esters is 4. The quantitative estimate of drug-likeness (QED) is 0.0169. The first-order valence-electron chi connectivity index (χ1n) is 40.4. The molecule has 0 amide bonds. The third-order valence-electron chi connectivity index (χ3n) is 16.2. The third kappa shape index (κ3) is 76.6. The lowest BCUT2D eigenvalue weighted by molar-refractivity contribution is -0.161. The first kappa shape index (κ1) is 100. The summed E-state index contributed by atoms with van der Waals surface area (Å²) in [5, 5.41) is 10.6. The van der Waals surface area contributed by atoms with Crippen molar-refractivity contribution in [2.24, 2.45) is 0 Å². The molecular weight excluding hydrogens is 1380 g/mol. The number of hydrogen-bond donors (Lipinski definition) is 3. The number of carbonyl (C=O) groups excluding carboxylic acids is 4. The van der Waals surface area contributed by atoms with Gasteiger partial charge < -0.3 is 33.8 Å².